The van der Waals surface area contributed by atoms with Crippen LogP contribution in [0.3, 0.4) is 0 Å². The molecule has 3 N–H and O–H groups in total. The first-order valence-corrected chi connectivity index (χ1v) is 3.86. The SMILES string of the molecule is OCCON(OCCO)OCCO.[H-].[Li+]. The van der Waals surface area contributed by atoms with Crippen molar-refractivity contribution in [3.05, 3.63) is 0 Å². The Morgan fingerprint density at radius 2 is 1.07 bits per heavy atom. The van der Waals surface area contributed by atoms with E-state index in [1.54, 1.807) is 0 Å². The Kier molecular flexibility index (Phi) is 15.9. The van der Waals surface area contributed by atoms with Crippen LogP contribution >= 0.6 is 0 Å². The molecule has 0 aliphatic carbocycles. The van der Waals surface area contributed by atoms with Gasteiger partial charge in [-0.25, -0.2) is 14.5 Å². The minimum Gasteiger partial charge on any atom is -1.00 e. The van der Waals surface area contributed by atoms with Crippen molar-refractivity contribution < 1.29 is 50.1 Å². The second kappa shape index (κ2) is 13.3. The predicted octanol–water partition coefficient (Wildman–Crippen LogP) is -4.82. The molecule has 0 heterocycles. The van der Waals surface area contributed by atoms with E-state index >= 15 is 0 Å². The third-order valence-corrected chi connectivity index (χ3v) is 0.864. The van der Waals surface area contributed by atoms with Crippen LogP contribution in [0.4, 0.5) is 0 Å². The largest absolute Gasteiger partial charge is 1.00 e. The van der Waals surface area contributed by atoms with Gasteiger partial charge in [-0.1, -0.05) is 0 Å². The van der Waals surface area contributed by atoms with Crippen LogP contribution in [0.5, 0.6) is 0 Å². The zero-order chi connectivity index (χ0) is 9.94. The molecule has 0 saturated heterocycles. The van der Waals surface area contributed by atoms with E-state index in [4.69, 9.17) is 29.8 Å². The predicted molar refractivity (Wildman–Crippen MR) is 42.1 cm³/mol. The van der Waals surface area contributed by atoms with Gasteiger partial charge in [-0.15, -0.1) is 0 Å². The van der Waals surface area contributed by atoms with Crippen molar-refractivity contribution in [2.75, 3.05) is 39.6 Å². The maximum Gasteiger partial charge on any atom is 1.00 e. The van der Waals surface area contributed by atoms with Gasteiger partial charge in [-0.05, 0) is 0 Å². The molecular weight excluding hydrogens is 189 g/mol. The Bertz CT molecular complexity index is 94.6. The van der Waals surface area contributed by atoms with Crippen molar-refractivity contribution in [1.29, 1.82) is 0 Å². The molecule has 0 radical (unpaired) electrons. The molecule has 0 aromatic heterocycles. The van der Waals surface area contributed by atoms with E-state index in [9.17, 15) is 0 Å². The summed E-state index contributed by atoms with van der Waals surface area (Å²) < 4.78 is 0. The Morgan fingerprint density at radius 1 is 0.786 bits per heavy atom. The Labute approximate surface area is 95.7 Å². The molecule has 0 atom stereocenters. The fourth-order valence-corrected chi connectivity index (χ4v) is 0.458. The standard InChI is InChI=1S/C6H15NO6.Li.H/c8-1-4-11-7(12-5-2-9)13-6-3-10;;/h8-10H,1-6H2;;/q;+1;-1. The monoisotopic (exact) mass is 205 g/mol. The van der Waals surface area contributed by atoms with Crippen molar-refractivity contribution in [1.82, 2.24) is 5.39 Å². The molecule has 0 aliphatic rings. The van der Waals surface area contributed by atoms with E-state index in [1.807, 2.05) is 0 Å². The molecule has 0 spiro atoms. The van der Waals surface area contributed by atoms with Crippen molar-refractivity contribution in [3.63, 3.8) is 0 Å². The fourth-order valence-electron chi connectivity index (χ4n) is 0.458. The molecule has 0 rings (SSSR count). The van der Waals surface area contributed by atoms with Crippen molar-refractivity contribution in [3.8, 4) is 0 Å². The molecule has 0 amide bonds. The van der Waals surface area contributed by atoms with Crippen LogP contribution in [0.15, 0.2) is 0 Å². The molecule has 0 saturated carbocycles. The molecule has 0 fully saturated rings. The summed E-state index contributed by atoms with van der Waals surface area (Å²) in [7, 11) is 0. The average molecular weight is 205 g/mol. The summed E-state index contributed by atoms with van der Waals surface area (Å²) in [6.45, 7) is -0.505. The van der Waals surface area contributed by atoms with Gasteiger partial charge < -0.3 is 16.7 Å². The van der Waals surface area contributed by atoms with Gasteiger partial charge in [0.1, 0.15) is 0 Å². The average Bonchev–Trinajstić information content (AvgIpc) is 2.17. The number of hydrogen-bond donors (Lipinski definition) is 3. The minimum absolute atomic E-state index is 0. The van der Waals surface area contributed by atoms with Crippen LogP contribution in [0.2, 0.25) is 0 Å². The summed E-state index contributed by atoms with van der Waals surface area (Å²) >= 11 is 0. The van der Waals surface area contributed by atoms with E-state index in [-0.39, 0.29) is 59.9 Å². The second-order valence-electron chi connectivity index (χ2n) is 1.89. The maximum absolute atomic E-state index is 8.40. The molecule has 0 aromatic rings. The third-order valence-electron chi connectivity index (χ3n) is 0.864. The number of aliphatic hydroxyl groups excluding tert-OH is 3. The van der Waals surface area contributed by atoms with Gasteiger partial charge in [-0.3, -0.25) is 0 Å². The second-order valence-corrected chi connectivity index (χ2v) is 1.89. The third kappa shape index (κ3) is 10.4. The summed E-state index contributed by atoms with van der Waals surface area (Å²) in [5, 5.41) is 25.9. The van der Waals surface area contributed by atoms with Gasteiger partial charge in [0.05, 0.1) is 45.0 Å². The first-order chi connectivity index (χ1) is 6.35. The maximum atomic E-state index is 8.40. The Hall–Kier alpha value is 0.317. The molecule has 14 heavy (non-hydrogen) atoms. The smallest absolute Gasteiger partial charge is 1.00 e. The summed E-state index contributed by atoms with van der Waals surface area (Å²) in [5.74, 6) is 0. The number of hydrogen-bond acceptors (Lipinski definition) is 7. The molecule has 0 aliphatic heterocycles. The van der Waals surface area contributed by atoms with Crippen LogP contribution in [-0.4, -0.2) is 60.4 Å². The minimum atomic E-state index is -0.179. The summed E-state index contributed by atoms with van der Waals surface area (Å²) in [5.41, 5.74) is 0. The van der Waals surface area contributed by atoms with Gasteiger partial charge >= 0.3 is 18.9 Å². The first kappa shape index (κ1) is 16.7. The molecular formula is C6H16LiNO6. The quantitative estimate of drug-likeness (QED) is 0.257. The molecule has 7 nitrogen and oxygen atoms in total. The Balaban J connectivity index is -0.000000720. The van der Waals surface area contributed by atoms with Crippen molar-refractivity contribution >= 4 is 0 Å². The fraction of sp³-hybridized carbons (Fsp3) is 1.00. The Morgan fingerprint density at radius 3 is 1.29 bits per heavy atom. The molecule has 0 unspecified atom stereocenters. The number of nitrogens with zero attached hydrogens (tertiary/aromatic N) is 1. The van der Waals surface area contributed by atoms with Gasteiger partial charge in [0.2, 0.25) is 0 Å². The number of rotatable bonds is 9. The van der Waals surface area contributed by atoms with E-state index < -0.39 is 0 Å². The van der Waals surface area contributed by atoms with Gasteiger partial charge in [0.25, 0.3) is 0 Å². The molecule has 0 bridgehead atoms. The molecule has 0 aromatic carbocycles. The van der Waals surface area contributed by atoms with E-state index in [2.05, 4.69) is 0 Å². The zero-order valence-corrected chi connectivity index (χ0v) is 8.26. The first-order valence-electron chi connectivity index (χ1n) is 3.86. The summed E-state index contributed by atoms with van der Waals surface area (Å²) in [6, 6.07) is 0. The van der Waals surface area contributed by atoms with Crippen molar-refractivity contribution in [2.45, 2.75) is 0 Å². The van der Waals surface area contributed by atoms with Crippen LogP contribution in [-0.2, 0) is 14.5 Å². The van der Waals surface area contributed by atoms with Crippen molar-refractivity contribution in [2.24, 2.45) is 0 Å². The van der Waals surface area contributed by atoms with Gasteiger partial charge in [0, 0.05) is 0 Å². The van der Waals surface area contributed by atoms with E-state index in [0.29, 0.717) is 5.39 Å². The van der Waals surface area contributed by atoms with Gasteiger partial charge in [0.15, 0.2) is 0 Å². The van der Waals surface area contributed by atoms with Crippen LogP contribution in [0.25, 0.3) is 0 Å². The summed E-state index contributed by atoms with van der Waals surface area (Å²) in [6.07, 6.45) is 0. The van der Waals surface area contributed by atoms with Crippen LogP contribution in [0.1, 0.15) is 1.43 Å². The van der Waals surface area contributed by atoms with Crippen LogP contribution in [0, 0.1) is 0 Å². The van der Waals surface area contributed by atoms with Gasteiger partial charge in [-0.2, -0.15) is 0 Å². The van der Waals surface area contributed by atoms with Crippen LogP contribution < -0.4 is 18.9 Å². The molecule has 82 valence electrons. The van der Waals surface area contributed by atoms with E-state index in [1.165, 1.54) is 0 Å². The zero-order valence-electron chi connectivity index (χ0n) is 9.26. The molecule has 8 heteroatoms. The normalized spacial score (nSPS) is 10.3. The number of aliphatic hydroxyl groups is 3. The van der Waals surface area contributed by atoms with E-state index in [0.717, 1.165) is 0 Å². The topological polar surface area (TPSA) is 91.6 Å². The summed E-state index contributed by atoms with van der Waals surface area (Å²) in [4.78, 5) is 14.1.